The van der Waals surface area contributed by atoms with Crippen molar-refractivity contribution < 1.29 is 13.9 Å². The lowest BCUT2D eigenvalue weighted by Crippen LogP contribution is -2.27. The minimum Gasteiger partial charge on any atom is -0.493 e. The van der Waals surface area contributed by atoms with Crippen LogP contribution in [0.15, 0.2) is 72.8 Å². The molecule has 0 saturated heterocycles. The van der Waals surface area contributed by atoms with Gasteiger partial charge < -0.3 is 10.1 Å². The first-order valence-electron chi connectivity index (χ1n) is 15.1. The molecule has 5 nitrogen and oxygen atoms in total. The van der Waals surface area contributed by atoms with Gasteiger partial charge in [0.25, 0.3) is 5.91 Å². The van der Waals surface area contributed by atoms with Crippen LogP contribution in [0.25, 0.3) is 16.9 Å². The van der Waals surface area contributed by atoms with Gasteiger partial charge in [0, 0.05) is 17.7 Å². The molecule has 0 spiro atoms. The molecule has 4 aromatic rings. The van der Waals surface area contributed by atoms with Crippen LogP contribution >= 0.6 is 11.6 Å². The number of para-hydroxylation sites is 1. The minimum absolute atomic E-state index is 0.000501. The zero-order valence-electron chi connectivity index (χ0n) is 26.1. The van der Waals surface area contributed by atoms with Gasteiger partial charge in [0.05, 0.1) is 23.0 Å². The maximum atomic E-state index is 13.5. The highest BCUT2D eigenvalue weighted by Gasteiger charge is 2.26. The van der Waals surface area contributed by atoms with Gasteiger partial charge in [0.1, 0.15) is 17.3 Å². The Labute approximate surface area is 260 Å². The van der Waals surface area contributed by atoms with Gasteiger partial charge in [-0.1, -0.05) is 77.4 Å². The summed E-state index contributed by atoms with van der Waals surface area (Å²) in [5, 5.41) is 8.13. The van der Waals surface area contributed by atoms with Crippen LogP contribution in [-0.4, -0.2) is 28.8 Å². The number of aromatic nitrogens is 2. The van der Waals surface area contributed by atoms with E-state index in [1.807, 2.05) is 18.2 Å². The van der Waals surface area contributed by atoms with E-state index in [2.05, 4.69) is 70.2 Å². The first-order chi connectivity index (χ1) is 20.5. The van der Waals surface area contributed by atoms with E-state index in [0.29, 0.717) is 40.8 Å². The van der Waals surface area contributed by atoms with Crippen LogP contribution in [0.2, 0.25) is 5.02 Å². The number of hydrogen-bond acceptors (Lipinski definition) is 3. The second-order valence-corrected chi connectivity index (χ2v) is 12.7. The lowest BCUT2D eigenvalue weighted by atomic mass is 9.76. The number of halogens is 2. The summed E-state index contributed by atoms with van der Waals surface area (Å²) in [4.78, 5) is 13.3. The summed E-state index contributed by atoms with van der Waals surface area (Å²) in [5.41, 5.74) is 4.89. The third-order valence-electron chi connectivity index (χ3n) is 8.53. The average molecular weight is 604 g/mol. The van der Waals surface area contributed by atoms with E-state index in [-0.39, 0.29) is 22.6 Å². The molecule has 0 fully saturated rings. The molecule has 0 unspecified atom stereocenters. The average Bonchev–Trinajstić information content (AvgIpc) is 3.44. The van der Waals surface area contributed by atoms with E-state index in [9.17, 15) is 9.18 Å². The number of amides is 1. The van der Waals surface area contributed by atoms with Crippen molar-refractivity contribution in [2.24, 2.45) is 0 Å². The molecular weight excluding hydrogens is 561 g/mol. The second kappa shape index (κ2) is 13.8. The normalized spacial score (nSPS) is 11.9. The van der Waals surface area contributed by atoms with E-state index < -0.39 is 0 Å². The Morgan fingerprint density at radius 1 is 0.930 bits per heavy atom. The summed E-state index contributed by atoms with van der Waals surface area (Å²) < 4.78 is 21.3. The van der Waals surface area contributed by atoms with Gasteiger partial charge in [0.15, 0.2) is 0 Å². The molecule has 0 aliphatic rings. The predicted octanol–water partition coefficient (Wildman–Crippen LogP) is 9.30. The smallest absolute Gasteiger partial charge is 0.270 e. The summed E-state index contributed by atoms with van der Waals surface area (Å²) in [6, 6.07) is 21.6. The molecule has 1 heterocycles. The molecule has 1 aromatic heterocycles. The quantitative estimate of drug-likeness (QED) is 0.155. The van der Waals surface area contributed by atoms with E-state index in [1.54, 1.807) is 28.9 Å². The molecule has 1 N–H and O–H groups in total. The minimum atomic E-state index is -0.334. The van der Waals surface area contributed by atoms with Gasteiger partial charge in [-0.25, -0.2) is 9.07 Å². The van der Waals surface area contributed by atoms with E-state index in [1.165, 1.54) is 23.3 Å². The standard InChI is InChI=1S/C36H43ClFN3O2/c1-7-35(3,4)26-17-20-33(28(23-26)36(5,6)8-2)43-22-12-11-21-39-34(42)32-24-30(25-15-18-27(38)19-16-25)40-41(32)31-14-10-9-13-29(31)37/h9-10,13-20,23-24H,7-8,11-12,21-22H2,1-6H3,(H,39,42). The molecule has 43 heavy (non-hydrogen) atoms. The molecule has 0 aliphatic heterocycles. The fourth-order valence-electron chi connectivity index (χ4n) is 4.81. The molecule has 0 aliphatic carbocycles. The van der Waals surface area contributed by atoms with Gasteiger partial charge in [-0.3, -0.25) is 4.79 Å². The van der Waals surface area contributed by atoms with Crippen LogP contribution in [0.5, 0.6) is 5.75 Å². The number of hydrogen-bond donors (Lipinski definition) is 1. The van der Waals surface area contributed by atoms with Crippen molar-refractivity contribution in [3.05, 3.63) is 100 Å². The molecule has 0 saturated carbocycles. The Kier molecular flexibility index (Phi) is 10.3. The largest absolute Gasteiger partial charge is 0.493 e. The number of nitrogens with zero attached hydrogens (tertiary/aromatic N) is 2. The maximum absolute atomic E-state index is 13.5. The highest BCUT2D eigenvalue weighted by Crippen LogP contribution is 2.38. The predicted molar refractivity (Wildman–Crippen MR) is 174 cm³/mol. The molecule has 3 aromatic carbocycles. The molecule has 0 radical (unpaired) electrons. The highest BCUT2D eigenvalue weighted by atomic mass is 35.5. The summed E-state index contributed by atoms with van der Waals surface area (Å²) >= 11 is 6.45. The lowest BCUT2D eigenvalue weighted by molar-refractivity contribution is 0.0944. The second-order valence-electron chi connectivity index (χ2n) is 12.3. The van der Waals surface area contributed by atoms with E-state index in [0.717, 1.165) is 31.4 Å². The third kappa shape index (κ3) is 7.66. The number of benzene rings is 3. The Morgan fingerprint density at radius 3 is 2.30 bits per heavy atom. The summed E-state index contributed by atoms with van der Waals surface area (Å²) in [7, 11) is 0. The zero-order valence-corrected chi connectivity index (χ0v) is 26.9. The van der Waals surface area contributed by atoms with E-state index in [4.69, 9.17) is 16.3 Å². The van der Waals surface area contributed by atoms with Crippen molar-refractivity contribution in [1.82, 2.24) is 15.1 Å². The van der Waals surface area contributed by atoms with Crippen molar-refractivity contribution in [3.8, 4) is 22.7 Å². The molecule has 7 heteroatoms. The number of rotatable bonds is 13. The number of carbonyl (C=O) groups is 1. The Balaban J connectivity index is 1.41. The Bertz CT molecular complexity index is 1540. The van der Waals surface area contributed by atoms with Gasteiger partial charge in [-0.2, -0.15) is 5.10 Å². The van der Waals surface area contributed by atoms with Crippen LogP contribution in [0, 0.1) is 5.82 Å². The van der Waals surface area contributed by atoms with Gasteiger partial charge >= 0.3 is 0 Å². The molecule has 1 amide bonds. The maximum Gasteiger partial charge on any atom is 0.270 e. The summed E-state index contributed by atoms with van der Waals surface area (Å²) in [6.45, 7) is 14.6. The van der Waals surface area contributed by atoms with Crippen LogP contribution in [0.4, 0.5) is 4.39 Å². The fraction of sp³-hybridized carbons (Fsp3) is 0.389. The number of unbranched alkanes of at least 4 members (excludes halogenated alkanes) is 1. The zero-order chi connectivity index (χ0) is 31.2. The number of nitrogens with one attached hydrogen (secondary N) is 1. The van der Waals surface area contributed by atoms with E-state index >= 15 is 0 Å². The van der Waals surface area contributed by atoms with Crippen LogP contribution < -0.4 is 10.1 Å². The first-order valence-corrected chi connectivity index (χ1v) is 15.5. The van der Waals surface area contributed by atoms with Crippen molar-refractivity contribution in [3.63, 3.8) is 0 Å². The first kappa shape index (κ1) is 32.3. The fourth-order valence-corrected chi connectivity index (χ4v) is 5.03. The topological polar surface area (TPSA) is 56.1 Å². The van der Waals surface area contributed by atoms with Crippen molar-refractivity contribution >= 4 is 17.5 Å². The van der Waals surface area contributed by atoms with Gasteiger partial charge in [-0.15, -0.1) is 0 Å². The number of carbonyl (C=O) groups excluding carboxylic acids is 1. The SMILES string of the molecule is CCC(C)(C)c1ccc(OCCCCNC(=O)c2cc(-c3ccc(F)cc3)nn2-c2ccccc2Cl)c(C(C)(C)CC)c1. The van der Waals surface area contributed by atoms with Crippen LogP contribution in [-0.2, 0) is 10.8 Å². The molecule has 0 atom stereocenters. The molecule has 4 rings (SSSR count). The lowest BCUT2D eigenvalue weighted by Gasteiger charge is -2.30. The Hall–Kier alpha value is -3.64. The van der Waals surface area contributed by atoms with Crippen molar-refractivity contribution in [2.45, 2.75) is 78.1 Å². The number of ether oxygens (including phenoxy) is 1. The van der Waals surface area contributed by atoms with Crippen LogP contribution in [0.3, 0.4) is 0 Å². The van der Waals surface area contributed by atoms with Gasteiger partial charge in [-0.05, 0) is 90.6 Å². The summed E-state index contributed by atoms with van der Waals surface area (Å²) in [6.07, 6.45) is 3.63. The monoisotopic (exact) mass is 603 g/mol. The third-order valence-corrected chi connectivity index (χ3v) is 8.85. The van der Waals surface area contributed by atoms with Crippen LogP contribution in [0.1, 0.15) is 88.8 Å². The van der Waals surface area contributed by atoms with Crippen molar-refractivity contribution in [2.75, 3.05) is 13.2 Å². The highest BCUT2D eigenvalue weighted by molar-refractivity contribution is 6.32. The molecule has 228 valence electrons. The molecule has 0 bridgehead atoms. The Morgan fingerprint density at radius 2 is 1.63 bits per heavy atom. The van der Waals surface area contributed by atoms with Crippen molar-refractivity contribution in [1.29, 1.82) is 0 Å². The summed E-state index contributed by atoms with van der Waals surface area (Å²) in [5.74, 6) is 0.338. The van der Waals surface area contributed by atoms with Gasteiger partial charge in [0.2, 0.25) is 0 Å². The molecular formula is C36H43ClFN3O2.